The molecule has 0 radical (unpaired) electrons. The zero-order chi connectivity index (χ0) is 18.2. The average Bonchev–Trinajstić information content (AvgIpc) is 2.61. The third-order valence-electron chi connectivity index (χ3n) is 3.71. The fourth-order valence-corrected chi connectivity index (χ4v) is 2.53. The van der Waals surface area contributed by atoms with Crippen molar-refractivity contribution in [3.8, 4) is 0 Å². The van der Waals surface area contributed by atoms with Gasteiger partial charge >= 0.3 is 0 Å². The number of halogens is 1. The quantitative estimate of drug-likeness (QED) is 0.298. The maximum absolute atomic E-state index is 7.93. The number of aryl methyl sites for hydroxylation is 1. The Morgan fingerprint density at radius 2 is 2.00 bits per heavy atom. The van der Waals surface area contributed by atoms with Crippen LogP contribution in [-0.4, -0.2) is 12.9 Å². The van der Waals surface area contributed by atoms with E-state index in [-0.39, 0.29) is 5.90 Å². The minimum absolute atomic E-state index is 0.0676. The molecule has 2 rings (SSSR count). The largest absolute Gasteiger partial charge is 0.473 e. The van der Waals surface area contributed by atoms with Crippen molar-refractivity contribution in [1.29, 1.82) is 5.41 Å². The summed E-state index contributed by atoms with van der Waals surface area (Å²) in [6, 6.07) is 13.3. The Hall–Kier alpha value is -2.50. The van der Waals surface area contributed by atoms with E-state index in [0.29, 0.717) is 11.6 Å². The first-order chi connectivity index (χ1) is 12.0. The van der Waals surface area contributed by atoms with Crippen LogP contribution in [0.25, 0.3) is 0 Å². The van der Waals surface area contributed by atoms with Crippen LogP contribution in [0.1, 0.15) is 18.1 Å². The van der Waals surface area contributed by atoms with E-state index in [2.05, 4.69) is 12.2 Å². The molecule has 0 saturated heterocycles. The molecule has 2 aromatic carbocycles. The summed E-state index contributed by atoms with van der Waals surface area (Å²) in [5.41, 5.74) is 3.94. The van der Waals surface area contributed by atoms with Gasteiger partial charge in [0, 0.05) is 35.6 Å². The number of benzene rings is 2. The Kier molecular flexibility index (Phi) is 6.86. The lowest BCUT2D eigenvalue weighted by atomic mass is 10.0. The average molecular weight is 359 g/mol. The van der Waals surface area contributed by atoms with Crippen molar-refractivity contribution in [1.82, 2.24) is 0 Å². The van der Waals surface area contributed by atoms with Gasteiger partial charge in [0.15, 0.2) is 0 Å². The second-order valence-electron chi connectivity index (χ2n) is 5.52. The highest BCUT2D eigenvalue weighted by atomic mass is 35.5. The van der Waals surface area contributed by atoms with Gasteiger partial charge in [-0.05, 0) is 42.3 Å². The predicted molar refractivity (Wildman–Crippen MR) is 105 cm³/mol. The summed E-state index contributed by atoms with van der Waals surface area (Å²) in [6.45, 7) is 2.38. The van der Waals surface area contributed by atoms with Crippen LogP contribution in [0.5, 0.6) is 0 Å². The minimum Gasteiger partial charge on any atom is -0.473 e. The van der Waals surface area contributed by atoms with Crippen LogP contribution < -0.4 is 16.2 Å². The smallest absolute Gasteiger partial charge is 0.207 e. The van der Waals surface area contributed by atoms with Gasteiger partial charge in [-0.15, -0.1) is 0 Å². The van der Waals surface area contributed by atoms with E-state index in [1.54, 1.807) is 36.5 Å². The Labute approximate surface area is 153 Å². The molecule has 6 heteroatoms. The molecule has 0 aliphatic rings. The van der Waals surface area contributed by atoms with E-state index in [0.717, 1.165) is 28.9 Å². The molecule has 0 atom stereocenters. The van der Waals surface area contributed by atoms with Crippen molar-refractivity contribution in [3.05, 3.63) is 70.9 Å². The van der Waals surface area contributed by atoms with Crippen LogP contribution in [0.2, 0.25) is 5.02 Å². The highest BCUT2D eigenvalue weighted by Crippen LogP contribution is 2.23. The molecule has 132 valence electrons. The van der Waals surface area contributed by atoms with Crippen LogP contribution in [0.4, 0.5) is 11.4 Å². The molecule has 0 bridgehead atoms. The Bertz CT molecular complexity index is 742. The topological polar surface area (TPSA) is 74.4 Å². The van der Waals surface area contributed by atoms with E-state index < -0.39 is 0 Å². The molecule has 0 aliphatic heterocycles. The van der Waals surface area contributed by atoms with Crippen molar-refractivity contribution < 1.29 is 4.74 Å². The molecule has 2 aromatic rings. The maximum Gasteiger partial charge on any atom is 0.207 e. The molecule has 0 fully saturated rings. The molecule has 0 spiro atoms. The van der Waals surface area contributed by atoms with Crippen LogP contribution in [0, 0.1) is 5.41 Å². The number of rotatable bonds is 7. The molecular formula is C19H23ClN4O. The van der Waals surface area contributed by atoms with Crippen molar-refractivity contribution in [2.75, 3.05) is 17.4 Å². The highest BCUT2D eigenvalue weighted by Gasteiger charge is 2.10. The standard InChI is InChI=1S/C19H23ClN4O/c1-3-14-5-4-6-18(24(2)22)17(14)13-25-19(21)11-12-23-16-9-7-15(20)8-10-16/h4-12,21,23H,3,13,22H2,1-2H3/b12-11-,21-19?. The minimum atomic E-state index is 0.0676. The SMILES string of the molecule is CCc1cccc(N(C)N)c1COC(=N)/C=C\Nc1ccc(Cl)cc1. The van der Waals surface area contributed by atoms with Gasteiger partial charge in [0.25, 0.3) is 0 Å². The van der Waals surface area contributed by atoms with Crippen LogP contribution in [0.15, 0.2) is 54.7 Å². The van der Waals surface area contributed by atoms with Crippen LogP contribution in [-0.2, 0) is 17.8 Å². The summed E-state index contributed by atoms with van der Waals surface area (Å²) < 4.78 is 5.57. The number of hydrazine groups is 1. The molecule has 0 aromatic heterocycles. The van der Waals surface area contributed by atoms with Crippen molar-refractivity contribution in [2.45, 2.75) is 20.0 Å². The van der Waals surface area contributed by atoms with Gasteiger partial charge in [-0.25, -0.2) is 5.84 Å². The second-order valence-corrected chi connectivity index (χ2v) is 5.95. The number of nitrogens with one attached hydrogen (secondary N) is 2. The third-order valence-corrected chi connectivity index (χ3v) is 3.96. The molecular weight excluding hydrogens is 336 g/mol. The fraction of sp³-hybridized carbons (Fsp3) is 0.211. The lowest BCUT2D eigenvalue weighted by Crippen LogP contribution is -2.27. The first-order valence-electron chi connectivity index (χ1n) is 8.00. The summed E-state index contributed by atoms with van der Waals surface area (Å²) in [4.78, 5) is 0. The van der Waals surface area contributed by atoms with E-state index in [1.807, 2.05) is 30.3 Å². The van der Waals surface area contributed by atoms with E-state index >= 15 is 0 Å². The number of anilines is 2. The van der Waals surface area contributed by atoms with Crippen molar-refractivity contribution >= 4 is 28.9 Å². The summed E-state index contributed by atoms with van der Waals surface area (Å²) in [7, 11) is 1.79. The first-order valence-corrected chi connectivity index (χ1v) is 8.38. The molecule has 0 saturated carbocycles. The van der Waals surface area contributed by atoms with Gasteiger partial charge in [-0.2, -0.15) is 0 Å². The fourth-order valence-electron chi connectivity index (χ4n) is 2.41. The van der Waals surface area contributed by atoms with Crippen molar-refractivity contribution in [3.63, 3.8) is 0 Å². The molecule has 0 amide bonds. The van der Waals surface area contributed by atoms with Gasteiger partial charge < -0.3 is 15.1 Å². The zero-order valence-corrected chi connectivity index (χ0v) is 15.2. The molecule has 4 N–H and O–H groups in total. The molecule has 0 heterocycles. The molecule has 5 nitrogen and oxygen atoms in total. The summed E-state index contributed by atoms with van der Waals surface area (Å²) in [6.07, 6.45) is 4.10. The highest BCUT2D eigenvalue weighted by molar-refractivity contribution is 6.30. The zero-order valence-electron chi connectivity index (χ0n) is 14.4. The molecule has 25 heavy (non-hydrogen) atoms. The number of hydrogen-bond acceptors (Lipinski definition) is 5. The van der Waals surface area contributed by atoms with Crippen molar-refractivity contribution in [2.24, 2.45) is 5.84 Å². The monoisotopic (exact) mass is 358 g/mol. The summed E-state index contributed by atoms with van der Waals surface area (Å²) in [5.74, 6) is 5.96. The third kappa shape index (κ3) is 5.52. The number of ether oxygens (including phenoxy) is 1. The van der Waals surface area contributed by atoms with E-state index in [9.17, 15) is 0 Å². The van der Waals surface area contributed by atoms with Crippen LogP contribution in [0.3, 0.4) is 0 Å². The van der Waals surface area contributed by atoms with Gasteiger partial charge in [0.2, 0.25) is 5.90 Å². The number of nitrogens with two attached hydrogens (primary N) is 1. The summed E-state index contributed by atoms with van der Waals surface area (Å²) >= 11 is 5.84. The van der Waals surface area contributed by atoms with Gasteiger partial charge in [0.05, 0.1) is 5.69 Å². The normalized spacial score (nSPS) is 10.7. The maximum atomic E-state index is 7.93. The lowest BCUT2D eigenvalue weighted by Gasteiger charge is -2.19. The summed E-state index contributed by atoms with van der Waals surface area (Å²) in [5, 5.41) is 13.2. The van der Waals surface area contributed by atoms with E-state index in [1.165, 1.54) is 0 Å². The second kappa shape index (κ2) is 9.11. The molecule has 0 aliphatic carbocycles. The Balaban J connectivity index is 1.95. The predicted octanol–water partition coefficient (Wildman–Crippen LogP) is 4.33. The van der Waals surface area contributed by atoms with E-state index in [4.69, 9.17) is 27.6 Å². The Morgan fingerprint density at radius 1 is 1.28 bits per heavy atom. The number of hydrogen-bond donors (Lipinski definition) is 3. The Morgan fingerprint density at radius 3 is 2.64 bits per heavy atom. The lowest BCUT2D eigenvalue weighted by molar-refractivity contribution is 0.291. The van der Waals surface area contributed by atoms with Crippen LogP contribution >= 0.6 is 11.6 Å². The number of nitrogens with zero attached hydrogens (tertiary/aromatic N) is 1. The first kappa shape index (κ1) is 18.8. The van der Waals surface area contributed by atoms with Gasteiger partial charge in [-0.3, -0.25) is 5.41 Å². The van der Waals surface area contributed by atoms with Gasteiger partial charge in [0.1, 0.15) is 6.61 Å². The molecule has 0 unspecified atom stereocenters. The van der Waals surface area contributed by atoms with Gasteiger partial charge in [-0.1, -0.05) is 30.7 Å².